The van der Waals surface area contributed by atoms with Gasteiger partial charge < -0.3 is 14.2 Å². The monoisotopic (exact) mass is 691 g/mol. The van der Waals surface area contributed by atoms with E-state index in [1.54, 1.807) is 0 Å². The van der Waals surface area contributed by atoms with E-state index in [9.17, 15) is 14.4 Å². The van der Waals surface area contributed by atoms with E-state index in [0.717, 1.165) is 51.4 Å². The highest BCUT2D eigenvalue weighted by atomic mass is 16.6. The number of carbonyl (C=O) groups is 3. The van der Waals surface area contributed by atoms with Crippen molar-refractivity contribution in [3.8, 4) is 0 Å². The predicted octanol–water partition coefficient (Wildman–Crippen LogP) is 12.9. The summed E-state index contributed by atoms with van der Waals surface area (Å²) in [7, 11) is 0. The van der Waals surface area contributed by atoms with Crippen LogP contribution in [-0.4, -0.2) is 37.2 Å². The van der Waals surface area contributed by atoms with Crippen LogP contribution in [0.15, 0.2) is 24.3 Å². The summed E-state index contributed by atoms with van der Waals surface area (Å²) in [4.78, 5) is 36.8. The number of esters is 3. The number of rotatable bonds is 37. The maximum Gasteiger partial charge on any atom is 0.306 e. The topological polar surface area (TPSA) is 78.9 Å². The Hall–Kier alpha value is -2.11. The molecule has 0 aliphatic heterocycles. The van der Waals surface area contributed by atoms with E-state index in [0.29, 0.717) is 25.7 Å². The molecule has 0 spiro atoms. The number of allylic oxidation sites excluding steroid dienone is 4. The van der Waals surface area contributed by atoms with Crippen molar-refractivity contribution < 1.29 is 28.6 Å². The lowest BCUT2D eigenvalue weighted by molar-refractivity contribution is -0.167. The Balaban J connectivity index is 4.03. The van der Waals surface area contributed by atoms with Gasteiger partial charge in [-0.05, 0) is 70.6 Å². The molecule has 0 aromatic rings. The van der Waals surface area contributed by atoms with Crippen molar-refractivity contribution >= 4 is 17.9 Å². The van der Waals surface area contributed by atoms with Crippen LogP contribution in [-0.2, 0) is 28.6 Å². The van der Waals surface area contributed by atoms with E-state index in [4.69, 9.17) is 14.2 Å². The van der Waals surface area contributed by atoms with Crippen molar-refractivity contribution in [2.24, 2.45) is 0 Å². The summed E-state index contributed by atoms with van der Waals surface area (Å²) in [6.45, 7) is 6.25. The summed E-state index contributed by atoms with van der Waals surface area (Å²) < 4.78 is 16.3. The number of unbranched alkanes of at least 4 members (excludes halogenated alkanes) is 22. The Labute approximate surface area is 303 Å². The SMILES string of the molecule is CCCCCCCCC=CCCCCCCCC(=O)OCC(COC(=O)CCC)OC(=O)CCCCCCC/C=C\CCCCCCCC. The molecule has 0 rings (SSSR count). The molecule has 0 amide bonds. The van der Waals surface area contributed by atoms with E-state index in [1.165, 1.54) is 116 Å². The van der Waals surface area contributed by atoms with Crippen LogP contribution in [0.4, 0.5) is 0 Å². The molecule has 6 nitrogen and oxygen atoms in total. The molecule has 1 atom stereocenters. The molecule has 0 fully saturated rings. The normalized spacial score (nSPS) is 12.1. The van der Waals surface area contributed by atoms with Crippen molar-refractivity contribution in [3.05, 3.63) is 24.3 Å². The van der Waals surface area contributed by atoms with E-state index in [-0.39, 0.29) is 31.1 Å². The van der Waals surface area contributed by atoms with Gasteiger partial charge in [-0.3, -0.25) is 14.4 Å². The van der Waals surface area contributed by atoms with Gasteiger partial charge in [0.25, 0.3) is 0 Å². The molecule has 0 bridgehead atoms. The highest BCUT2D eigenvalue weighted by molar-refractivity contribution is 5.71. The highest BCUT2D eigenvalue weighted by Gasteiger charge is 2.19. The van der Waals surface area contributed by atoms with Crippen LogP contribution in [0, 0.1) is 0 Å². The number of carbonyl (C=O) groups excluding carboxylic acids is 3. The predicted molar refractivity (Wildman–Crippen MR) is 206 cm³/mol. The number of hydrogen-bond donors (Lipinski definition) is 0. The summed E-state index contributed by atoms with van der Waals surface area (Å²) in [5.41, 5.74) is 0. The lowest BCUT2D eigenvalue weighted by atomic mass is 10.1. The second kappa shape index (κ2) is 38.7. The van der Waals surface area contributed by atoms with E-state index >= 15 is 0 Å². The van der Waals surface area contributed by atoms with Crippen LogP contribution in [0.1, 0.15) is 213 Å². The van der Waals surface area contributed by atoms with Gasteiger partial charge in [-0.15, -0.1) is 0 Å². The maximum atomic E-state index is 12.5. The molecule has 0 aromatic heterocycles. The van der Waals surface area contributed by atoms with E-state index < -0.39 is 6.10 Å². The molecule has 0 saturated heterocycles. The summed E-state index contributed by atoms with van der Waals surface area (Å²) >= 11 is 0. The second-order valence-corrected chi connectivity index (χ2v) is 13.9. The van der Waals surface area contributed by atoms with Gasteiger partial charge in [0.2, 0.25) is 0 Å². The molecule has 0 radical (unpaired) electrons. The van der Waals surface area contributed by atoms with E-state index in [2.05, 4.69) is 38.2 Å². The van der Waals surface area contributed by atoms with Crippen LogP contribution in [0.2, 0.25) is 0 Å². The molecule has 0 N–H and O–H groups in total. The molecule has 0 heterocycles. The van der Waals surface area contributed by atoms with Gasteiger partial charge >= 0.3 is 17.9 Å². The third kappa shape index (κ3) is 37.0. The summed E-state index contributed by atoms with van der Waals surface area (Å²) in [5, 5.41) is 0. The van der Waals surface area contributed by atoms with Crippen molar-refractivity contribution in [2.75, 3.05) is 13.2 Å². The first kappa shape index (κ1) is 46.9. The van der Waals surface area contributed by atoms with Crippen LogP contribution in [0.25, 0.3) is 0 Å². The first-order chi connectivity index (χ1) is 24.0. The quantitative estimate of drug-likeness (QED) is 0.0279. The highest BCUT2D eigenvalue weighted by Crippen LogP contribution is 2.13. The molecule has 6 heteroatoms. The van der Waals surface area contributed by atoms with Crippen molar-refractivity contribution in [1.29, 1.82) is 0 Å². The third-order valence-corrected chi connectivity index (χ3v) is 8.90. The Kier molecular flexibility index (Phi) is 37.0. The minimum Gasteiger partial charge on any atom is -0.462 e. The minimum atomic E-state index is -0.769. The van der Waals surface area contributed by atoms with Crippen molar-refractivity contribution in [2.45, 2.75) is 219 Å². The molecular formula is C43H78O6. The van der Waals surface area contributed by atoms with Gasteiger partial charge in [-0.1, -0.05) is 148 Å². The lowest BCUT2D eigenvalue weighted by Crippen LogP contribution is -2.30. The second-order valence-electron chi connectivity index (χ2n) is 13.9. The Morgan fingerprint density at radius 2 is 0.714 bits per heavy atom. The zero-order chi connectivity index (χ0) is 35.9. The average molecular weight is 691 g/mol. The Morgan fingerprint density at radius 1 is 0.388 bits per heavy atom. The van der Waals surface area contributed by atoms with Gasteiger partial charge in [0, 0.05) is 19.3 Å². The van der Waals surface area contributed by atoms with Crippen LogP contribution < -0.4 is 0 Å². The molecule has 0 aliphatic carbocycles. The largest absolute Gasteiger partial charge is 0.462 e. The van der Waals surface area contributed by atoms with Crippen molar-refractivity contribution in [3.63, 3.8) is 0 Å². The van der Waals surface area contributed by atoms with E-state index in [1.807, 2.05) is 6.92 Å². The molecule has 0 aliphatic rings. The van der Waals surface area contributed by atoms with Gasteiger partial charge in [0.1, 0.15) is 13.2 Å². The fourth-order valence-corrected chi connectivity index (χ4v) is 5.76. The Bertz CT molecular complexity index is 804. The minimum absolute atomic E-state index is 0.0819. The van der Waals surface area contributed by atoms with Crippen LogP contribution in [0.5, 0.6) is 0 Å². The zero-order valence-electron chi connectivity index (χ0n) is 32.5. The first-order valence-corrected chi connectivity index (χ1v) is 20.8. The molecule has 49 heavy (non-hydrogen) atoms. The number of hydrogen-bond acceptors (Lipinski definition) is 6. The van der Waals surface area contributed by atoms with Gasteiger partial charge in [-0.25, -0.2) is 0 Å². The average Bonchev–Trinajstić information content (AvgIpc) is 3.09. The van der Waals surface area contributed by atoms with Gasteiger partial charge in [0.05, 0.1) is 0 Å². The maximum absolute atomic E-state index is 12.5. The summed E-state index contributed by atoms with van der Waals surface area (Å²) in [6.07, 6.45) is 41.5. The Morgan fingerprint density at radius 3 is 1.10 bits per heavy atom. The smallest absolute Gasteiger partial charge is 0.306 e. The summed E-state index contributed by atoms with van der Waals surface area (Å²) in [5.74, 6) is -0.960. The summed E-state index contributed by atoms with van der Waals surface area (Å²) in [6, 6.07) is 0. The fourth-order valence-electron chi connectivity index (χ4n) is 5.76. The fraction of sp³-hybridized carbons (Fsp3) is 0.837. The number of ether oxygens (including phenoxy) is 3. The molecule has 0 aromatic carbocycles. The van der Waals surface area contributed by atoms with Gasteiger partial charge in [-0.2, -0.15) is 0 Å². The lowest BCUT2D eigenvalue weighted by Gasteiger charge is -2.18. The standard InChI is InChI=1S/C43H78O6/c1-4-7-9-11-13-15-17-19-21-23-25-27-29-31-33-36-42(45)48-39-40(38-47-41(44)35-6-3)49-43(46)37-34-32-30-28-26-24-22-20-18-16-14-12-10-8-5-2/h19-22,40H,4-18,23-39H2,1-3H3/b21-19?,22-20-. The first-order valence-electron chi connectivity index (χ1n) is 20.8. The molecule has 0 saturated carbocycles. The zero-order valence-corrected chi connectivity index (χ0v) is 32.5. The van der Waals surface area contributed by atoms with Crippen LogP contribution in [0.3, 0.4) is 0 Å². The third-order valence-electron chi connectivity index (χ3n) is 8.90. The molecular weight excluding hydrogens is 612 g/mol. The van der Waals surface area contributed by atoms with Crippen molar-refractivity contribution in [1.82, 2.24) is 0 Å². The van der Waals surface area contributed by atoms with Crippen LogP contribution >= 0.6 is 0 Å². The molecule has 286 valence electrons. The van der Waals surface area contributed by atoms with Gasteiger partial charge in [0.15, 0.2) is 6.10 Å². The molecule has 1 unspecified atom stereocenters.